The van der Waals surface area contributed by atoms with Gasteiger partial charge in [0.05, 0.1) is 0 Å². The van der Waals surface area contributed by atoms with Gasteiger partial charge in [-0.05, 0) is 6.92 Å². The van der Waals surface area contributed by atoms with Crippen molar-refractivity contribution in [2.24, 2.45) is 4.99 Å². The van der Waals surface area contributed by atoms with E-state index in [1.807, 2.05) is 0 Å². The van der Waals surface area contributed by atoms with Gasteiger partial charge in [-0.3, -0.25) is 19.1 Å². The Labute approximate surface area is 108 Å². The largest absolute Gasteiger partial charge is 0.365 e. The van der Waals surface area contributed by atoms with Crippen molar-refractivity contribution in [3.63, 3.8) is 0 Å². The van der Waals surface area contributed by atoms with Crippen LogP contribution in [0, 0.1) is 0 Å². The molecular weight excluding hydrogens is 280 g/mol. The number of aliphatic imine (C=N–C) groups is 1. The van der Waals surface area contributed by atoms with Crippen molar-refractivity contribution in [3.8, 4) is 0 Å². The third-order valence-electron chi connectivity index (χ3n) is 3.19. The zero-order valence-electron chi connectivity index (χ0n) is 10.2. The first kappa shape index (κ1) is 13.4. The topological polar surface area (TPSA) is 128 Å². The molecule has 11 heteroatoms. The van der Waals surface area contributed by atoms with Crippen LogP contribution in [0.15, 0.2) is 4.99 Å². The van der Waals surface area contributed by atoms with E-state index in [9.17, 15) is 27.4 Å². The van der Waals surface area contributed by atoms with Gasteiger partial charge in [-0.2, -0.15) is 17.7 Å². The molecule has 2 aliphatic rings. The minimum absolute atomic E-state index is 0.0468. The minimum Gasteiger partial charge on any atom is -0.296 e. The first-order valence-corrected chi connectivity index (χ1v) is 6.39. The molecule has 0 aliphatic carbocycles. The fourth-order valence-electron chi connectivity index (χ4n) is 2.00. The molecular formula is C8H10N4O6S. The summed E-state index contributed by atoms with van der Waals surface area (Å²) in [7, 11) is -2.79. The predicted octanol–water partition coefficient (Wildman–Crippen LogP) is -1.09. The van der Waals surface area contributed by atoms with Gasteiger partial charge in [0.25, 0.3) is 5.91 Å². The van der Waals surface area contributed by atoms with Crippen LogP contribution in [0.4, 0.5) is 9.59 Å². The minimum atomic E-state index is -4.99. The molecule has 1 saturated heterocycles. The van der Waals surface area contributed by atoms with Crippen molar-refractivity contribution in [2.75, 3.05) is 14.1 Å². The maximum Gasteiger partial charge on any atom is 0.365 e. The Balaban J connectivity index is 2.75. The predicted molar refractivity (Wildman–Crippen MR) is 60.6 cm³/mol. The summed E-state index contributed by atoms with van der Waals surface area (Å²) in [6.07, 6.45) is 0. The number of rotatable bonds is 1. The van der Waals surface area contributed by atoms with E-state index in [1.54, 1.807) is 0 Å². The Kier molecular flexibility index (Phi) is 2.48. The van der Waals surface area contributed by atoms with Gasteiger partial charge >= 0.3 is 22.4 Å². The zero-order chi connectivity index (χ0) is 14.7. The van der Waals surface area contributed by atoms with Crippen LogP contribution in [0.1, 0.15) is 6.92 Å². The molecule has 19 heavy (non-hydrogen) atoms. The molecule has 0 bridgehead atoms. The molecule has 0 aromatic rings. The molecule has 1 unspecified atom stereocenters. The number of nitrogens with zero attached hydrogens (tertiary/aromatic N) is 4. The lowest BCUT2D eigenvalue weighted by Gasteiger charge is -2.44. The summed E-state index contributed by atoms with van der Waals surface area (Å²) in [6.45, 7) is 1.13. The van der Waals surface area contributed by atoms with Crippen LogP contribution >= 0.6 is 0 Å². The second kappa shape index (κ2) is 3.51. The first-order chi connectivity index (χ1) is 8.52. The van der Waals surface area contributed by atoms with Crippen molar-refractivity contribution in [1.29, 1.82) is 0 Å². The van der Waals surface area contributed by atoms with E-state index in [2.05, 4.69) is 4.99 Å². The molecule has 1 N–H and O–H groups in total. The van der Waals surface area contributed by atoms with Gasteiger partial charge in [0.1, 0.15) is 0 Å². The lowest BCUT2D eigenvalue weighted by Crippen LogP contribution is -2.72. The van der Waals surface area contributed by atoms with E-state index in [4.69, 9.17) is 0 Å². The molecule has 104 valence electrons. The number of carbonyl (C=O) groups is 3. The monoisotopic (exact) mass is 290 g/mol. The van der Waals surface area contributed by atoms with Crippen LogP contribution in [0.25, 0.3) is 0 Å². The molecule has 2 aliphatic heterocycles. The maximum atomic E-state index is 11.9. The Morgan fingerprint density at radius 1 is 1.21 bits per heavy atom. The Morgan fingerprint density at radius 3 is 2.21 bits per heavy atom. The van der Waals surface area contributed by atoms with E-state index in [0.29, 0.717) is 4.90 Å². The summed E-state index contributed by atoms with van der Waals surface area (Å²) >= 11 is 0. The average molecular weight is 290 g/mol. The normalized spacial score (nSPS) is 27.9. The molecule has 10 nitrogen and oxygen atoms in total. The fourth-order valence-corrected chi connectivity index (χ4v) is 2.97. The van der Waals surface area contributed by atoms with Gasteiger partial charge in [0.2, 0.25) is 0 Å². The van der Waals surface area contributed by atoms with Crippen LogP contribution in [0.5, 0.6) is 0 Å². The van der Waals surface area contributed by atoms with Crippen molar-refractivity contribution < 1.29 is 27.4 Å². The van der Waals surface area contributed by atoms with Crippen LogP contribution in [-0.4, -0.2) is 70.5 Å². The van der Waals surface area contributed by atoms with E-state index >= 15 is 0 Å². The number of urea groups is 2. The van der Waals surface area contributed by atoms with Crippen LogP contribution in [0.3, 0.4) is 0 Å². The summed E-state index contributed by atoms with van der Waals surface area (Å²) in [6, 6.07) is -2.15. The van der Waals surface area contributed by atoms with Gasteiger partial charge in [-0.25, -0.2) is 9.59 Å². The third kappa shape index (κ3) is 1.48. The maximum absolute atomic E-state index is 11.9. The van der Waals surface area contributed by atoms with Gasteiger partial charge in [0, 0.05) is 14.1 Å². The third-order valence-corrected chi connectivity index (χ3v) is 4.16. The summed E-state index contributed by atoms with van der Waals surface area (Å²) in [5.41, 5.74) is -2.41. The lowest BCUT2D eigenvalue weighted by atomic mass is 10.0. The van der Waals surface area contributed by atoms with Gasteiger partial charge in [0.15, 0.2) is 11.4 Å². The average Bonchev–Trinajstić information content (AvgIpc) is 2.49. The molecule has 5 amide bonds. The van der Waals surface area contributed by atoms with E-state index in [-0.39, 0.29) is 4.31 Å². The number of hydrogen-bond donors (Lipinski definition) is 1. The first-order valence-electron chi connectivity index (χ1n) is 4.99. The van der Waals surface area contributed by atoms with Crippen LogP contribution in [0.2, 0.25) is 0 Å². The van der Waals surface area contributed by atoms with E-state index < -0.39 is 39.6 Å². The highest BCUT2D eigenvalue weighted by molar-refractivity contribution is 7.84. The Bertz CT molecular complexity index is 640. The highest BCUT2D eigenvalue weighted by atomic mass is 32.2. The molecule has 0 aromatic heterocycles. The highest BCUT2D eigenvalue weighted by Crippen LogP contribution is 2.34. The molecule has 0 radical (unpaired) electrons. The van der Waals surface area contributed by atoms with E-state index in [0.717, 1.165) is 18.9 Å². The molecule has 2 rings (SSSR count). The molecule has 0 saturated carbocycles. The summed E-state index contributed by atoms with van der Waals surface area (Å²) in [5.74, 6) is -0.898. The second-order valence-electron chi connectivity index (χ2n) is 4.21. The second-order valence-corrected chi connectivity index (χ2v) is 5.47. The van der Waals surface area contributed by atoms with Gasteiger partial charge in [-0.15, -0.1) is 0 Å². The quantitative estimate of drug-likeness (QED) is 0.611. The summed E-state index contributed by atoms with van der Waals surface area (Å²) < 4.78 is 32.0. The Morgan fingerprint density at radius 2 is 1.74 bits per heavy atom. The lowest BCUT2D eigenvalue weighted by molar-refractivity contribution is -0.122. The molecule has 0 aromatic carbocycles. The number of imide groups is 1. The van der Waals surface area contributed by atoms with Crippen molar-refractivity contribution in [1.82, 2.24) is 14.1 Å². The Hall–Kier alpha value is -2.01. The molecule has 2 heterocycles. The summed E-state index contributed by atoms with van der Waals surface area (Å²) in [4.78, 5) is 40.0. The van der Waals surface area contributed by atoms with Gasteiger partial charge < -0.3 is 0 Å². The standard InChI is InChI=1S/C8H10N4O6S/c1-8-4(9-6(14)11(8)3)5(13)10(2)7(15)12(8)19(16,17)18/h1-3H3,(H,16,17,18). The van der Waals surface area contributed by atoms with Crippen molar-refractivity contribution in [2.45, 2.75) is 12.6 Å². The molecule has 1 atom stereocenters. The van der Waals surface area contributed by atoms with Crippen molar-refractivity contribution >= 4 is 34.0 Å². The summed E-state index contributed by atoms with van der Waals surface area (Å²) in [5, 5.41) is 0. The van der Waals surface area contributed by atoms with Gasteiger partial charge in [-0.1, -0.05) is 0 Å². The highest BCUT2D eigenvalue weighted by Gasteiger charge is 2.62. The smallest absolute Gasteiger partial charge is 0.296 e. The SMILES string of the molecule is CN1C(=O)C2=NC(=O)N(C)C2(C)N(S(=O)(=O)O)C1=O. The number of amides is 5. The van der Waals surface area contributed by atoms with Crippen LogP contribution in [-0.2, 0) is 15.1 Å². The number of carbonyl (C=O) groups excluding carboxylic acids is 3. The van der Waals surface area contributed by atoms with E-state index in [1.165, 1.54) is 7.05 Å². The van der Waals surface area contributed by atoms with Crippen molar-refractivity contribution in [3.05, 3.63) is 0 Å². The fraction of sp³-hybridized carbons (Fsp3) is 0.500. The number of fused-ring (bicyclic) bond motifs is 1. The molecule has 1 fully saturated rings. The molecule has 0 spiro atoms. The number of hydrogen-bond acceptors (Lipinski definition) is 5. The van der Waals surface area contributed by atoms with Crippen LogP contribution < -0.4 is 0 Å². The zero-order valence-corrected chi connectivity index (χ0v) is 11.0.